The summed E-state index contributed by atoms with van der Waals surface area (Å²) in [5.41, 5.74) is 8.78. The maximum atomic E-state index is 12.5. The number of aryl methyl sites for hydroxylation is 1. The minimum absolute atomic E-state index is 0.0843. The van der Waals surface area contributed by atoms with Gasteiger partial charge in [-0.2, -0.15) is 0 Å². The number of hydrogen-bond acceptors (Lipinski definition) is 4. The quantitative estimate of drug-likeness (QED) is 0.945. The van der Waals surface area contributed by atoms with Crippen LogP contribution in [0.4, 0.5) is 0 Å². The van der Waals surface area contributed by atoms with Gasteiger partial charge in [-0.3, -0.25) is 4.79 Å². The van der Waals surface area contributed by atoms with E-state index in [0.717, 1.165) is 31.5 Å². The van der Waals surface area contributed by atoms with Gasteiger partial charge < -0.3 is 15.2 Å². The molecular formula is C18H23N3O2. The average molecular weight is 313 g/mol. The molecule has 1 unspecified atom stereocenters. The van der Waals surface area contributed by atoms with Crippen LogP contribution in [0.15, 0.2) is 34.9 Å². The molecule has 1 aromatic carbocycles. The van der Waals surface area contributed by atoms with E-state index < -0.39 is 0 Å². The fraction of sp³-hybridized carbons (Fsp3) is 0.444. The van der Waals surface area contributed by atoms with Crippen molar-refractivity contribution in [3.05, 3.63) is 41.7 Å². The Morgan fingerprint density at radius 2 is 1.96 bits per heavy atom. The number of piperidine rings is 1. The smallest absolute Gasteiger partial charge is 0.292 e. The topological polar surface area (TPSA) is 72.4 Å². The Hall–Kier alpha value is -2.14. The van der Waals surface area contributed by atoms with Crippen molar-refractivity contribution in [2.24, 2.45) is 11.7 Å². The first-order valence-electron chi connectivity index (χ1n) is 8.13. The maximum Gasteiger partial charge on any atom is 0.292 e. The number of hydrogen-bond donors (Lipinski definition) is 1. The Bertz CT molecular complexity index is 668. The molecule has 5 nitrogen and oxygen atoms in total. The van der Waals surface area contributed by atoms with Crippen molar-refractivity contribution in [3.8, 4) is 11.3 Å². The van der Waals surface area contributed by atoms with Crippen molar-refractivity contribution in [2.75, 3.05) is 13.1 Å². The third-order valence-corrected chi connectivity index (χ3v) is 4.64. The highest BCUT2D eigenvalue weighted by molar-refractivity contribution is 5.92. The lowest BCUT2D eigenvalue weighted by Crippen LogP contribution is -2.42. The van der Waals surface area contributed by atoms with Crippen LogP contribution in [0.2, 0.25) is 0 Å². The van der Waals surface area contributed by atoms with E-state index in [-0.39, 0.29) is 11.9 Å². The molecule has 1 saturated heterocycles. The molecule has 0 aliphatic carbocycles. The third-order valence-electron chi connectivity index (χ3n) is 4.64. The number of carbonyl (C=O) groups excluding carboxylic acids is 1. The summed E-state index contributed by atoms with van der Waals surface area (Å²) >= 11 is 0. The molecule has 1 fully saturated rings. The van der Waals surface area contributed by atoms with E-state index in [0.29, 0.717) is 17.4 Å². The van der Waals surface area contributed by atoms with E-state index in [1.165, 1.54) is 5.56 Å². The molecular weight excluding hydrogens is 290 g/mol. The number of benzene rings is 1. The summed E-state index contributed by atoms with van der Waals surface area (Å²) in [4.78, 5) is 14.4. The van der Waals surface area contributed by atoms with Crippen LogP contribution in [0.25, 0.3) is 11.3 Å². The third kappa shape index (κ3) is 3.45. The second-order valence-corrected chi connectivity index (χ2v) is 6.43. The van der Waals surface area contributed by atoms with Crippen LogP contribution < -0.4 is 5.73 Å². The number of amides is 1. The molecule has 2 heterocycles. The Morgan fingerprint density at radius 1 is 1.30 bits per heavy atom. The van der Waals surface area contributed by atoms with Gasteiger partial charge in [-0.05, 0) is 32.6 Å². The molecule has 0 radical (unpaired) electrons. The highest BCUT2D eigenvalue weighted by Crippen LogP contribution is 2.23. The number of nitrogens with two attached hydrogens (primary N) is 1. The van der Waals surface area contributed by atoms with Gasteiger partial charge in [0.15, 0.2) is 0 Å². The lowest BCUT2D eigenvalue weighted by atomic mass is 9.91. The van der Waals surface area contributed by atoms with Gasteiger partial charge >= 0.3 is 0 Å². The number of likely N-dealkylation sites (tertiary alicyclic amines) is 1. The zero-order valence-corrected chi connectivity index (χ0v) is 13.7. The highest BCUT2D eigenvalue weighted by Gasteiger charge is 2.27. The van der Waals surface area contributed by atoms with E-state index in [1.54, 1.807) is 6.07 Å². The zero-order valence-electron chi connectivity index (χ0n) is 13.7. The molecule has 1 aliphatic rings. The van der Waals surface area contributed by atoms with Gasteiger partial charge in [0.05, 0.1) is 0 Å². The molecule has 0 spiro atoms. The Labute approximate surface area is 136 Å². The van der Waals surface area contributed by atoms with Gasteiger partial charge in [-0.1, -0.05) is 35.0 Å². The lowest BCUT2D eigenvalue weighted by Gasteiger charge is -2.33. The number of carbonyl (C=O) groups is 1. The van der Waals surface area contributed by atoms with Crippen LogP contribution in [0, 0.1) is 12.8 Å². The normalized spacial score (nSPS) is 17.3. The Kier molecular flexibility index (Phi) is 4.48. The van der Waals surface area contributed by atoms with Gasteiger partial charge in [-0.15, -0.1) is 0 Å². The summed E-state index contributed by atoms with van der Waals surface area (Å²) in [7, 11) is 0. The predicted molar refractivity (Wildman–Crippen MR) is 89.0 cm³/mol. The molecule has 1 aromatic heterocycles. The fourth-order valence-corrected chi connectivity index (χ4v) is 3.02. The van der Waals surface area contributed by atoms with Crippen molar-refractivity contribution in [1.82, 2.24) is 10.1 Å². The van der Waals surface area contributed by atoms with E-state index in [2.05, 4.69) is 5.16 Å². The van der Waals surface area contributed by atoms with E-state index >= 15 is 0 Å². The average Bonchev–Trinajstić information content (AvgIpc) is 3.05. The van der Waals surface area contributed by atoms with Crippen molar-refractivity contribution >= 4 is 5.91 Å². The molecule has 0 saturated carbocycles. The monoisotopic (exact) mass is 313 g/mol. The summed E-state index contributed by atoms with van der Waals surface area (Å²) in [6.07, 6.45) is 1.89. The number of rotatable bonds is 3. The minimum Gasteiger partial charge on any atom is -0.350 e. The van der Waals surface area contributed by atoms with Gasteiger partial charge in [0.2, 0.25) is 5.76 Å². The fourth-order valence-electron chi connectivity index (χ4n) is 3.02. The van der Waals surface area contributed by atoms with Crippen LogP contribution in [0.1, 0.15) is 35.9 Å². The number of aromatic nitrogens is 1. The minimum atomic E-state index is -0.0843. The van der Waals surface area contributed by atoms with Crippen molar-refractivity contribution < 1.29 is 9.32 Å². The number of nitrogens with zero attached hydrogens (tertiary/aromatic N) is 2. The lowest BCUT2D eigenvalue weighted by molar-refractivity contribution is 0.0639. The largest absolute Gasteiger partial charge is 0.350 e. The first-order chi connectivity index (χ1) is 11.0. The summed E-state index contributed by atoms with van der Waals surface area (Å²) < 4.78 is 5.27. The summed E-state index contributed by atoms with van der Waals surface area (Å²) in [5, 5.41) is 4.03. The van der Waals surface area contributed by atoms with E-state index in [4.69, 9.17) is 10.3 Å². The second-order valence-electron chi connectivity index (χ2n) is 6.43. The van der Waals surface area contributed by atoms with Crippen LogP contribution >= 0.6 is 0 Å². The molecule has 2 N–H and O–H groups in total. The first-order valence-corrected chi connectivity index (χ1v) is 8.13. The second kappa shape index (κ2) is 6.54. The van der Waals surface area contributed by atoms with E-state index in [9.17, 15) is 4.79 Å². The summed E-state index contributed by atoms with van der Waals surface area (Å²) in [6, 6.07) is 9.91. The summed E-state index contributed by atoms with van der Waals surface area (Å²) in [5.74, 6) is 0.718. The Balaban J connectivity index is 1.68. The SMILES string of the molecule is Cc1ccc(-c2cc(C(=O)N3CCC(C(C)N)CC3)on2)cc1. The molecule has 23 heavy (non-hydrogen) atoms. The molecule has 5 heteroatoms. The summed E-state index contributed by atoms with van der Waals surface area (Å²) in [6.45, 7) is 5.52. The molecule has 0 bridgehead atoms. The molecule has 1 atom stereocenters. The zero-order chi connectivity index (χ0) is 16.4. The van der Waals surface area contributed by atoms with Crippen molar-refractivity contribution in [2.45, 2.75) is 32.7 Å². The molecule has 1 amide bonds. The van der Waals surface area contributed by atoms with Gasteiger partial charge in [0.1, 0.15) is 5.69 Å². The van der Waals surface area contributed by atoms with Gasteiger partial charge in [0, 0.05) is 30.8 Å². The van der Waals surface area contributed by atoms with Gasteiger partial charge in [-0.25, -0.2) is 0 Å². The maximum absolute atomic E-state index is 12.5. The highest BCUT2D eigenvalue weighted by atomic mass is 16.5. The standard InChI is InChI=1S/C18H23N3O2/c1-12-3-5-15(6-4-12)16-11-17(23-20-16)18(22)21-9-7-14(8-10-21)13(2)19/h3-6,11,13-14H,7-10,19H2,1-2H3. The molecule has 3 rings (SSSR count). The van der Waals surface area contributed by atoms with Crippen LogP contribution in [0.5, 0.6) is 0 Å². The van der Waals surface area contributed by atoms with Crippen LogP contribution in [-0.4, -0.2) is 35.1 Å². The molecule has 2 aromatic rings. The first kappa shape index (κ1) is 15.7. The Morgan fingerprint density at radius 3 is 2.57 bits per heavy atom. The predicted octanol–water partition coefficient (Wildman–Crippen LogP) is 2.85. The van der Waals surface area contributed by atoms with E-state index in [1.807, 2.05) is 43.0 Å². The van der Waals surface area contributed by atoms with Gasteiger partial charge in [0.25, 0.3) is 5.91 Å². The van der Waals surface area contributed by atoms with Crippen LogP contribution in [-0.2, 0) is 0 Å². The van der Waals surface area contributed by atoms with Crippen LogP contribution in [0.3, 0.4) is 0 Å². The molecule has 1 aliphatic heterocycles. The van der Waals surface area contributed by atoms with Crippen molar-refractivity contribution in [1.29, 1.82) is 0 Å². The van der Waals surface area contributed by atoms with Crippen molar-refractivity contribution in [3.63, 3.8) is 0 Å². The molecule has 122 valence electrons.